The van der Waals surface area contributed by atoms with Gasteiger partial charge in [-0.05, 0) is 58.1 Å². The predicted octanol–water partition coefficient (Wildman–Crippen LogP) is 3.17. The molecule has 1 atom stereocenters. The summed E-state index contributed by atoms with van der Waals surface area (Å²) in [6.45, 7) is 7.39. The van der Waals surface area contributed by atoms with Crippen LogP contribution in [0.3, 0.4) is 0 Å². The topological polar surface area (TPSA) is 87.9 Å². The smallest absolute Gasteiger partial charge is 0.338 e. The number of carbonyl (C=O) groups excluding carboxylic acids is 1. The number of nitriles is 1. The minimum atomic E-state index is -0.790. The Morgan fingerprint density at radius 1 is 1.50 bits per heavy atom. The molecule has 24 heavy (non-hydrogen) atoms. The van der Waals surface area contributed by atoms with Gasteiger partial charge in [0.05, 0.1) is 28.0 Å². The third-order valence-electron chi connectivity index (χ3n) is 4.12. The standard InChI is InChI=1S/C17H19N3O3S/c1-5-20-14(21)12-7-6-11(8-13(12)19-16(20)24)15(22)23-10(2)17(3,4)9-18/h6-8,10H,5H2,1-4H3,(H,19,24)/t10-/m0/s1. The average molecular weight is 345 g/mol. The van der Waals surface area contributed by atoms with Crippen molar-refractivity contribution in [2.24, 2.45) is 5.41 Å². The second-order valence-corrected chi connectivity index (χ2v) is 6.51. The molecule has 0 aliphatic carbocycles. The van der Waals surface area contributed by atoms with E-state index >= 15 is 0 Å². The molecule has 7 heteroatoms. The molecular formula is C17H19N3O3S. The fourth-order valence-electron chi connectivity index (χ4n) is 2.14. The van der Waals surface area contributed by atoms with Gasteiger partial charge in [-0.3, -0.25) is 9.36 Å². The number of carbonyl (C=O) groups is 1. The van der Waals surface area contributed by atoms with E-state index in [1.165, 1.54) is 10.6 Å². The van der Waals surface area contributed by atoms with Gasteiger partial charge in [-0.25, -0.2) is 4.79 Å². The third-order valence-corrected chi connectivity index (χ3v) is 4.44. The first-order chi connectivity index (χ1) is 11.2. The Morgan fingerprint density at radius 2 is 2.17 bits per heavy atom. The molecule has 0 saturated carbocycles. The molecule has 0 amide bonds. The lowest BCUT2D eigenvalue weighted by Crippen LogP contribution is -2.30. The zero-order chi connectivity index (χ0) is 18.1. The molecule has 2 rings (SSSR count). The van der Waals surface area contributed by atoms with E-state index in [0.717, 1.165) is 0 Å². The van der Waals surface area contributed by atoms with Gasteiger partial charge in [0, 0.05) is 6.54 Å². The van der Waals surface area contributed by atoms with Crippen LogP contribution in [-0.2, 0) is 11.3 Å². The van der Waals surface area contributed by atoms with Crippen LogP contribution in [0, 0.1) is 21.5 Å². The first-order valence-electron chi connectivity index (χ1n) is 7.60. The quantitative estimate of drug-likeness (QED) is 0.679. The van der Waals surface area contributed by atoms with Crippen LogP contribution >= 0.6 is 12.2 Å². The molecule has 1 heterocycles. The van der Waals surface area contributed by atoms with Gasteiger partial charge in [0.15, 0.2) is 4.77 Å². The molecule has 0 radical (unpaired) electrons. The van der Waals surface area contributed by atoms with Crippen molar-refractivity contribution in [2.75, 3.05) is 0 Å². The minimum absolute atomic E-state index is 0.199. The van der Waals surface area contributed by atoms with Crippen LogP contribution in [0.5, 0.6) is 0 Å². The Balaban J connectivity index is 2.42. The highest BCUT2D eigenvalue weighted by molar-refractivity contribution is 7.71. The van der Waals surface area contributed by atoms with Gasteiger partial charge in [0.2, 0.25) is 0 Å². The van der Waals surface area contributed by atoms with Crippen molar-refractivity contribution >= 4 is 29.1 Å². The second-order valence-electron chi connectivity index (χ2n) is 6.12. The molecule has 0 aliphatic rings. The summed E-state index contributed by atoms with van der Waals surface area (Å²) in [5.41, 5.74) is -0.213. The molecule has 0 fully saturated rings. The van der Waals surface area contributed by atoms with Crippen molar-refractivity contribution in [3.63, 3.8) is 0 Å². The van der Waals surface area contributed by atoms with Crippen LogP contribution in [0.25, 0.3) is 10.9 Å². The molecule has 0 bridgehead atoms. The fraction of sp³-hybridized carbons (Fsp3) is 0.412. The van der Waals surface area contributed by atoms with Crippen LogP contribution in [0.1, 0.15) is 38.1 Å². The van der Waals surface area contributed by atoms with E-state index in [1.54, 1.807) is 32.9 Å². The molecular weight excluding hydrogens is 326 g/mol. The summed E-state index contributed by atoms with van der Waals surface area (Å²) in [5.74, 6) is -0.549. The summed E-state index contributed by atoms with van der Waals surface area (Å²) in [6.07, 6.45) is -0.572. The summed E-state index contributed by atoms with van der Waals surface area (Å²) < 4.78 is 7.12. The number of fused-ring (bicyclic) bond motifs is 1. The Bertz CT molecular complexity index is 950. The maximum absolute atomic E-state index is 12.3. The number of nitrogens with zero attached hydrogens (tertiary/aromatic N) is 2. The molecule has 1 aromatic heterocycles. The summed E-state index contributed by atoms with van der Waals surface area (Å²) in [5, 5.41) is 9.56. The lowest BCUT2D eigenvalue weighted by molar-refractivity contribution is 0.0129. The van der Waals surface area contributed by atoms with Gasteiger partial charge in [0.1, 0.15) is 6.10 Å². The first kappa shape index (κ1) is 17.9. The Kier molecular flexibility index (Phi) is 4.90. The number of hydrogen-bond acceptors (Lipinski definition) is 5. The van der Waals surface area contributed by atoms with E-state index < -0.39 is 17.5 Å². The molecule has 1 N–H and O–H groups in total. The van der Waals surface area contributed by atoms with Crippen LogP contribution in [0.15, 0.2) is 23.0 Å². The molecule has 2 aromatic rings. The SMILES string of the molecule is CCn1c(=S)[nH]c2cc(C(=O)O[C@@H](C)C(C)(C)C#N)ccc2c1=O. The molecule has 126 valence electrons. The Hall–Kier alpha value is -2.46. The van der Waals surface area contributed by atoms with E-state index in [9.17, 15) is 9.59 Å². The van der Waals surface area contributed by atoms with Crippen LogP contribution < -0.4 is 5.56 Å². The molecule has 0 unspecified atom stereocenters. The monoisotopic (exact) mass is 345 g/mol. The Labute approximate surface area is 144 Å². The number of esters is 1. The summed E-state index contributed by atoms with van der Waals surface area (Å²) in [7, 11) is 0. The number of benzene rings is 1. The van der Waals surface area contributed by atoms with Crippen molar-refractivity contribution in [3.8, 4) is 6.07 Å². The third kappa shape index (κ3) is 3.24. The molecule has 0 aliphatic heterocycles. The van der Waals surface area contributed by atoms with Crippen LogP contribution in [0.4, 0.5) is 0 Å². The Morgan fingerprint density at radius 3 is 2.75 bits per heavy atom. The molecule has 0 spiro atoms. The molecule has 6 nitrogen and oxygen atoms in total. The number of aromatic nitrogens is 2. The van der Waals surface area contributed by atoms with Crippen LogP contribution in [0.2, 0.25) is 0 Å². The highest BCUT2D eigenvalue weighted by atomic mass is 32.1. The van der Waals surface area contributed by atoms with Gasteiger partial charge in [-0.2, -0.15) is 5.26 Å². The largest absolute Gasteiger partial charge is 0.457 e. The minimum Gasteiger partial charge on any atom is -0.457 e. The van der Waals surface area contributed by atoms with Crippen molar-refractivity contribution in [2.45, 2.75) is 40.3 Å². The van der Waals surface area contributed by atoms with E-state index in [-0.39, 0.29) is 5.56 Å². The second kappa shape index (κ2) is 6.57. The summed E-state index contributed by atoms with van der Waals surface area (Å²) in [4.78, 5) is 27.6. The van der Waals surface area contributed by atoms with Gasteiger partial charge < -0.3 is 9.72 Å². The number of H-pyrrole nitrogens is 1. The molecule has 0 saturated heterocycles. The zero-order valence-corrected chi connectivity index (χ0v) is 14.9. The van der Waals surface area contributed by atoms with Gasteiger partial charge in [-0.1, -0.05) is 0 Å². The maximum atomic E-state index is 12.3. The van der Waals surface area contributed by atoms with E-state index in [0.29, 0.717) is 27.8 Å². The fourth-order valence-corrected chi connectivity index (χ4v) is 2.46. The van der Waals surface area contributed by atoms with E-state index in [1.807, 2.05) is 6.92 Å². The zero-order valence-electron chi connectivity index (χ0n) is 14.0. The van der Waals surface area contributed by atoms with Crippen LogP contribution in [-0.4, -0.2) is 21.6 Å². The lowest BCUT2D eigenvalue weighted by Gasteiger charge is -2.24. The summed E-state index contributed by atoms with van der Waals surface area (Å²) >= 11 is 5.16. The number of aromatic amines is 1. The number of rotatable bonds is 4. The number of hydrogen-bond donors (Lipinski definition) is 1. The lowest BCUT2D eigenvalue weighted by atomic mass is 9.89. The van der Waals surface area contributed by atoms with Crippen molar-refractivity contribution in [1.29, 1.82) is 5.26 Å². The van der Waals surface area contributed by atoms with Gasteiger partial charge in [-0.15, -0.1) is 0 Å². The number of ether oxygens (including phenoxy) is 1. The summed E-state index contributed by atoms with van der Waals surface area (Å²) in [6, 6.07) is 6.77. The highest BCUT2D eigenvalue weighted by Crippen LogP contribution is 2.23. The maximum Gasteiger partial charge on any atom is 0.338 e. The molecule has 1 aromatic carbocycles. The normalized spacial score (nSPS) is 12.6. The number of nitrogens with one attached hydrogen (secondary N) is 1. The average Bonchev–Trinajstić information content (AvgIpc) is 2.54. The predicted molar refractivity (Wildman–Crippen MR) is 93.3 cm³/mol. The van der Waals surface area contributed by atoms with Crippen molar-refractivity contribution in [3.05, 3.63) is 38.9 Å². The van der Waals surface area contributed by atoms with E-state index in [2.05, 4.69) is 11.1 Å². The van der Waals surface area contributed by atoms with Gasteiger partial charge in [0.25, 0.3) is 5.56 Å². The van der Waals surface area contributed by atoms with E-state index in [4.69, 9.17) is 22.2 Å². The van der Waals surface area contributed by atoms with Crippen molar-refractivity contribution < 1.29 is 9.53 Å². The van der Waals surface area contributed by atoms with Crippen molar-refractivity contribution in [1.82, 2.24) is 9.55 Å². The highest BCUT2D eigenvalue weighted by Gasteiger charge is 2.29. The van der Waals surface area contributed by atoms with Gasteiger partial charge >= 0.3 is 5.97 Å². The first-order valence-corrected chi connectivity index (χ1v) is 8.01.